The van der Waals surface area contributed by atoms with Crippen molar-refractivity contribution in [2.24, 2.45) is 11.5 Å². The summed E-state index contributed by atoms with van der Waals surface area (Å²) in [5, 5.41) is 23.3. The van der Waals surface area contributed by atoms with Crippen LogP contribution in [-0.2, 0) is 0 Å². The zero-order valence-electron chi connectivity index (χ0n) is 16.3. The van der Waals surface area contributed by atoms with Crippen molar-refractivity contribution in [3.63, 3.8) is 0 Å². The van der Waals surface area contributed by atoms with E-state index < -0.39 is 23.8 Å². The number of benzene rings is 5. The number of carboxylic acids is 2. The van der Waals surface area contributed by atoms with Crippen LogP contribution in [0.2, 0.25) is 0 Å². The Kier molecular flexibility index (Phi) is 3.84. The SMILES string of the molecule is NC(=O)c1ccc2c3ccc(C(=O)O)c4c(C(=O)O)ccc(c5ccc(C(N)=O)c1c25)c43. The van der Waals surface area contributed by atoms with Crippen molar-refractivity contribution in [2.75, 3.05) is 0 Å². The summed E-state index contributed by atoms with van der Waals surface area (Å²) in [6.45, 7) is 0. The van der Waals surface area contributed by atoms with Gasteiger partial charge in [-0.15, -0.1) is 0 Å². The number of primary amides is 2. The maximum Gasteiger partial charge on any atom is 0.336 e. The fraction of sp³-hybridized carbons (Fsp3) is 0. The lowest BCUT2D eigenvalue weighted by atomic mass is 9.84. The Balaban J connectivity index is 2.17. The van der Waals surface area contributed by atoms with Crippen molar-refractivity contribution in [3.05, 3.63) is 70.8 Å². The summed E-state index contributed by atoms with van der Waals surface area (Å²) < 4.78 is 0. The number of hydrogen-bond donors (Lipinski definition) is 4. The molecular weight excluding hydrogens is 412 g/mol. The number of fused-ring (bicyclic) bond motifs is 2. The Morgan fingerprint density at radius 2 is 0.750 bits per heavy atom. The fourth-order valence-corrected chi connectivity index (χ4v) is 4.66. The highest BCUT2D eigenvalue weighted by Gasteiger charge is 2.24. The summed E-state index contributed by atoms with van der Waals surface area (Å²) >= 11 is 0. The van der Waals surface area contributed by atoms with Crippen molar-refractivity contribution in [1.82, 2.24) is 0 Å². The van der Waals surface area contributed by atoms with Crippen LogP contribution < -0.4 is 11.5 Å². The van der Waals surface area contributed by atoms with Crippen LogP contribution in [0.25, 0.3) is 43.1 Å². The largest absolute Gasteiger partial charge is 0.478 e. The van der Waals surface area contributed by atoms with E-state index >= 15 is 0 Å². The van der Waals surface area contributed by atoms with Crippen molar-refractivity contribution in [1.29, 1.82) is 0 Å². The monoisotopic (exact) mass is 426 g/mol. The number of hydrogen-bond acceptors (Lipinski definition) is 4. The third-order valence-corrected chi connectivity index (χ3v) is 5.89. The van der Waals surface area contributed by atoms with Gasteiger partial charge in [0.15, 0.2) is 0 Å². The normalized spacial score (nSPS) is 11.5. The van der Waals surface area contributed by atoms with Gasteiger partial charge in [-0.05, 0) is 56.6 Å². The average Bonchev–Trinajstić information content (AvgIpc) is 2.75. The van der Waals surface area contributed by atoms with Gasteiger partial charge in [-0.1, -0.05) is 24.3 Å². The van der Waals surface area contributed by atoms with Crippen LogP contribution >= 0.6 is 0 Å². The van der Waals surface area contributed by atoms with Crippen LogP contribution in [0.5, 0.6) is 0 Å². The molecule has 0 bridgehead atoms. The van der Waals surface area contributed by atoms with E-state index in [4.69, 9.17) is 11.5 Å². The Labute approximate surface area is 179 Å². The molecule has 0 aliphatic rings. The first-order valence-corrected chi connectivity index (χ1v) is 9.48. The third-order valence-electron chi connectivity index (χ3n) is 5.89. The van der Waals surface area contributed by atoms with E-state index in [0.717, 1.165) is 0 Å². The molecule has 5 rings (SSSR count). The van der Waals surface area contributed by atoms with Crippen LogP contribution in [0.15, 0.2) is 48.5 Å². The van der Waals surface area contributed by atoms with Gasteiger partial charge in [0.25, 0.3) is 0 Å². The lowest BCUT2D eigenvalue weighted by molar-refractivity contribution is 0.0695. The number of aromatic carboxylic acids is 2. The summed E-state index contributed by atoms with van der Waals surface area (Å²) in [6, 6.07) is 12.2. The lowest BCUT2D eigenvalue weighted by Crippen LogP contribution is -2.16. The Morgan fingerprint density at radius 3 is 1.03 bits per heavy atom. The van der Waals surface area contributed by atoms with Gasteiger partial charge in [-0.25, -0.2) is 9.59 Å². The van der Waals surface area contributed by atoms with Crippen molar-refractivity contribution < 1.29 is 29.4 Å². The average molecular weight is 426 g/mol. The van der Waals surface area contributed by atoms with E-state index in [9.17, 15) is 29.4 Å². The molecule has 5 aromatic rings. The maximum absolute atomic E-state index is 12.1. The fourth-order valence-electron chi connectivity index (χ4n) is 4.66. The molecule has 6 N–H and O–H groups in total. The molecule has 0 aromatic heterocycles. The van der Waals surface area contributed by atoms with E-state index in [-0.39, 0.29) is 27.6 Å². The number of carbonyl (C=O) groups excluding carboxylic acids is 2. The molecule has 2 amide bonds. The first-order valence-electron chi connectivity index (χ1n) is 9.48. The standard InChI is InChI=1S/C24H14N2O6/c25-21(27)13-5-1-9-11-3-7-15(23(29)30)20-16(24(31)32)8-4-12(18(11)20)10-2-6-14(22(26)28)19(13)17(9)10/h1-8H,(H2,25,27)(H2,26,28)(H,29,30)(H,31,32). The Bertz CT molecular complexity index is 1440. The molecule has 0 aliphatic carbocycles. The quantitative estimate of drug-likeness (QED) is 0.255. The zero-order valence-corrected chi connectivity index (χ0v) is 16.3. The van der Waals surface area contributed by atoms with E-state index in [1.165, 1.54) is 24.3 Å². The number of nitrogens with two attached hydrogens (primary N) is 2. The maximum atomic E-state index is 12.1. The number of amides is 2. The van der Waals surface area contributed by atoms with Crippen LogP contribution in [0.4, 0.5) is 0 Å². The smallest absolute Gasteiger partial charge is 0.336 e. The first kappa shape index (κ1) is 19.3. The minimum absolute atomic E-state index is 0.108. The van der Waals surface area contributed by atoms with Crippen molar-refractivity contribution >= 4 is 66.8 Å². The summed E-state index contributed by atoms with van der Waals surface area (Å²) in [5.41, 5.74) is 11.1. The molecule has 32 heavy (non-hydrogen) atoms. The van der Waals surface area contributed by atoms with E-state index in [1.807, 2.05) is 0 Å². The summed E-state index contributed by atoms with van der Waals surface area (Å²) in [6.07, 6.45) is 0. The minimum atomic E-state index is -1.25. The molecule has 156 valence electrons. The molecule has 8 nitrogen and oxygen atoms in total. The van der Waals surface area contributed by atoms with Gasteiger partial charge in [0, 0.05) is 21.9 Å². The predicted octanol–water partition coefficient (Wildman–Crippen LogP) is 3.33. The van der Waals surface area contributed by atoms with Gasteiger partial charge in [-0.2, -0.15) is 0 Å². The van der Waals surface area contributed by atoms with Crippen molar-refractivity contribution in [3.8, 4) is 0 Å². The molecule has 0 saturated carbocycles. The Hall–Kier alpha value is -4.72. The highest BCUT2D eigenvalue weighted by molar-refractivity contribution is 6.38. The van der Waals surface area contributed by atoms with Gasteiger partial charge < -0.3 is 21.7 Å². The second kappa shape index (κ2) is 6.39. The van der Waals surface area contributed by atoms with E-state index in [2.05, 4.69) is 0 Å². The van der Waals surface area contributed by atoms with Crippen LogP contribution in [-0.4, -0.2) is 34.0 Å². The zero-order chi connectivity index (χ0) is 22.9. The van der Waals surface area contributed by atoms with Crippen molar-refractivity contribution in [2.45, 2.75) is 0 Å². The second-order valence-corrected chi connectivity index (χ2v) is 7.48. The molecule has 0 heterocycles. The summed E-state index contributed by atoms with van der Waals surface area (Å²) in [5.74, 6) is -3.95. The van der Waals surface area contributed by atoms with Gasteiger partial charge in [0.05, 0.1) is 11.1 Å². The summed E-state index contributed by atoms with van der Waals surface area (Å²) in [7, 11) is 0. The van der Waals surface area contributed by atoms with Gasteiger partial charge in [0.1, 0.15) is 0 Å². The third kappa shape index (κ3) is 2.37. The number of carboxylic acid groups (broad SMARTS) is 2. The van der Waals surface area contributed by atoms with E-state index in [0.29, 0.717) is 37.7 Å². The molecule has 0 fully saturated rings. The highest BCUT2D eigenvalue weighted by atomic mass is 16.4. The molecule has 0 atom stereocenters. The molecule has 0 unspecified atom stereocenters. The molecular formula is C24H14N2O6. The lowest BCUT2D eigenvalue weighted by Gasteiger charge is -2.18. The number of carbonyl (C=O) groups is 4. The topological polar surface area (TPSA) is 161 Å². The molecule has 5 aromatic carbocycles. The van der Waals surface area contributed by atoms with E-state index in [1.54, 1.807) is 24.3 Å². The first-order chi connectivity index (χ1) is 15.2. The van der Waals surface area contributed by atoms with Crippen LogP contribution in [0.3, 0.4) is 0 Å². The van der Waals surface area contributed by atoms with Gasteiger partial charge in [-0.3, -0.25) is 9.59 Å². The minimum Gasteiger partial charge on any atom is -0.478 e. The summed E-state index contributed by atoms with van der Waals surface area (Å²) in [4.78, 5) is 48.1. The van der Waals surface area contributed by atoms with Gasteiger partial charge >= 0.3 is 11.9 Å². The highest BCUT2D eigenvalue weighted by Crippen LogP contribution is 2.43. The Morgan fingerprint density at radius 1 is 0.469 bits per heavy atom. The molecule has 0 spiro atoms. The molecule has 8 heteroatoms. The molecule has 0 aliphatic heterocycles. The number of rotatable bonds is 4. The molecule has 0 radical (unpaired) electrons. The van der Waals surface area contributed by atoms with Crippen LogP contribution in [0, 0.1) is 0 Å². The molecule has 0 saturated heterocycles. The van der Waals surface area contributed by atoms with Crippen LogP contribution in [0.1, 0.15) is 41.4 Å². The second-order valence-electron chi connectivity index (χ2n) is 7.48. The predicted molar refractivity (Wildman–Crippen MR) is 119 cm³/mol. The van der Waals surface area contributed by atoms with Gasteiger partial charge in [0.2, 0.25) is 11.8 Å².